The first-order chi connectivity index (χ1) is 5.47. The van der Waals surface area contributed by atoms with Crippen molar-refractivity contribution < 1.29 is 46.0 Å². The molecule has 0 amide bonds. The summed E-state index contributed by atoms with van der Waals surface area (Å²) >= 11 is 0. The zero-order chi connectivity index (χ0) is 10.1. The largest absolute Gasteiger partial charge is 2.00 e. The molecule has 0 aromatic heterocycles. The van der Waals surface area contributed by atoms with Crippen molar-refractivity contribution in [3.63, 3.8) is 0 Å². The summed E-state index contributed by atoms with van der Waals surface area (Å²) in [6.07, 6.45) is -2.52. The van der Waals surface area contributed by atoms with E-state index in [4.69, 9.17) is 16.6 Å². The van der Waals surface area contributed by atoms with Crippen LogP contribution in [0.2, 0.25) is 0 Å². The summed E-state index contributed by atoms with van der Waals surface area (Å²) in [6, 6.07) is 0. The summed E-state index contributed by atoms with van der Waals surface area (Å²) in [5.41, 5.74) is 9.81. The standard InChI is InChI=1S/C3H4O5.C2H8N2.Pt/c4-1(2(5)6)3(7)8;3-1-2-4;/h1,4H,(H,5,6)(H,7,8);1-4H2;/q;;+2/p-2. The Morgan fingerprint density at radius 2 is 1.38 bits per heavy atom. The second kappa shape index (κ2) is 11.5. The molecule has 0 saturated carbocycles. The second-order valence-corrected chi connectivity index (χ2v) is 1.62. The predicted molar refractivity (Wildman–Crippen MR) is 34.1 cm³/mol. The summed E-state index contributed by atoms with van der Waals surface area (Å²) in [4.78, 5) is 18.7. The van der Waals surface area contributed by atoms with Gasteiger partial charge in [0, 0.05) is 13.1 Å². The SMILES string of the molecule is NCCN.O=C([O-])C(O)C(=O)[O-].[Pt+2]. The van der Waals surface area contributed by atoms with E-state index in [-0.39, 0.29) is 21.1 Å². The zero-order valence-corrected chi connectivity index (χ0v) is 8.81. The van der Waals surface area contributed by atoms with E-state index in [0.29, 0.717) is 13.1 Å². The molecule has 0 saturated heterocycles. The average Bonchev–Trinajstić information content (AvgIpc) is 2.03. The Morgan fingerprint density at radius 3 is 1.38 bits per heavy atom. The van der Waals surface area contributed by atoms with E-state index in [2.05, 4.69) is 0 Å². The topological polar surface area (TPSA) is 153 Å². The Labute approximate surface area is 89.0 Å². The first kappa shape index (κ1) is 18.3. The van der Waals surface area contributed by atoms with E-state index < -0.39 is 18.0 Å². The molecule has 5 N–H and O–H groups in total. The Balaban J connectivity index is -0.000000173. The molecule has 0 aliphatic heterocycles. The van der Waals surface area contributed by atoms with Gasteiger partial charge in [-0.2, -0.15) is 0 Å². The number of carboxylic acid groups (broad SMARTS) is 2. The summed E-state index contributed by atoms with van der Waals surface area (Å²) in [7, 11) is 0. The quantitative estimate of drug-likeness (QED) is 0.418. The number of carbonyl (C=O) groups is 2. The molecule has 0 aliphatic rings. The minimum atomic E-state index is -2.52. The molecule has 0 atom stereocenters. The number of nitrogens with two attached hydrogens (primary N) is 2. The molecule has 0 rings (SSSR count). The van der Waals surface area contributed by atoms with Gasteiger partial charge in [-0.1, -0.05) is 0 Å². The van der Waals surface area contributed by atoms with Gasteiger partial charge in [0.1, 0.15) is 6.10 Å². The van der Waals surface area contributed by atoms with E-state index in [1.165, 1.54) is 0 Å². The van der Waals surface area contributed by atoms with E-state index >= 15 is 0 Å². The molecule has 0 aliphatic carbocycles. The Kier molecular flexibility index (Phi) is 16.2. The van der Waals surface area contributed by atoms with Crippen LogP contribution in [-0.4, -0.2) is 36.2 Å². The van der Waals surface area contributed by atoms with Crippen LogP contribution in [0.5, 0.6) is 0 Å². The van der Waals surface area contributed by atoms with Gasteiger partial charge in [0.2, 0.25) is 0 Å². The maximum absolute atomic E-state index is 9.36. The summed E-state index contributed by atoms with van der Waals surface area (Å²) < 4.78 is 0. The number of hydrogen-bond acceptors (Lipinski definition) is 7. The summed E-state index contributed by atoms with van der Waals surface area (Å²) in [5, 5.41) is 26.6. The van der Waals surface area contributed by atoms with Gasteiger partial charge in [0.25, 0.3) is 0 Å². The minimum Gasteiger partial charge on any atom is -0.547 e. The van der Waals surface area contributed by atoms with E-state index in [1.54, 1.807) is 0 Å². The molecule has 13 heavy (non-hydrogen) atoms. The third-order valence-corrected chi connectivity index (χ3v) is 0.613. The molecule has 0 spiro atoms. The number of rotatable bonds is 3. The van der Waals surface area contributed by atoms with Crippen molar-refractivity contribution in [3.05, 3.63) is 0 Å². The zero-order valence-electron chi connectivity index (χ0n) is 6.54. The van der Waals surface area contributed by atoms with Crippen LogP contribution in [0, 0.1) is 0 Å². The molecular weight excluding hydrogens is 363 g/mol. The van der Waals surface area contributed by atoms with E-state index in [9.17, 15) is 19.8 Å². The first-order valence-corrected chi connectivity index (χ1v) is 2.97. The van der Waals surface area contributed by atoms with Gasteiger partial charge < -0.3 is 36.4 Å². The van der Waals surface area contributed by atoms with Crippen molar-refractivity contribution >= 4 is 11.9 Å². The maximum atomic E-state index is 9.36. The Morgan fingerprint density at radius 1 is 1.15 bits per heavy atom. The van der Waals surface area contributed by atoms with Gasteiger partial charge in [-0.15, -0.1) is 0 Å². The molecule has 80 valence electrons. The van der Waals surface area contributed by atoms with Crippen LogP contribution in [-0.2, 0) is 30.7 Å². The third kappa shape index (κ3) is 14.4. The van der Waals surface area contributed by atoms with Crippen molar-refractivity contribution in [1.82, 2.24) is 0 Å². The monoisotopic (exact) mass is 373 g/mol. The number of aliphatic carboxylic acids is 2. The fraction of sp³-hybridized carbons (Fsp3) is 0.600. The molecule has 0 radical (unpaired) electrons. The molecule has 7 nitrogen and oxygen atoms in total. The van der Waals surface area contributed by atoms with Crippen LogP contribution in [0.25, 0.3) is 0 Å². The maximum Gasteiger partial charge on any atom is 2.00 e. The number of carbonyl (C=O) groups excluding carboxylic acids is 2. The van der Waals surface area contributed by atoms with Crippen LogP contribution in [0.1, 0.15) is 0 Å². The van der Waals surface area contributed by atoms with Crippen LogP contribution in [0.15, 0.2) is 0 Å². The van der Waals surface area contributed by atoms with E-state index in [0.717, 1.165) is 0 Å². The molecule has 0 aromatic rings. The van der Waals surface area contributed by atoms with E-state index in [1.807, 2.05) is 0 Å². The summed E-state index contributed by atoms with van der Waals surface area (Å²) in [5.74, 6) is -4.13. The molecule has 0 heterocycles. The Hall–Kier alpha value is -0.492. The molecule has 0 fully saturated rings. The smallest absolute Gasteiger partial charge is 0.547 e. The third-order valence-electron chi connectivity index (χ3n) is 0.613. The van der Waals surface area contributed by atoms with Crippen LogP contribution in [0.4, 0.5) is 0 Å². The van der Waals surface area contributed by atoms with Crippen LogP contribution in [0.3, 0.4) is 0 Å². The van der Waals surface area contributed by atoms with Crippen molar-refractivity contribution in [2.24, 2.45) is 11.5 Å². The molecule has 8 heteroatoms. The van der Waals surface area contributed by atoms with Gasteiger partial charge in [0.05, 0.1) is 11.9 Å². The second-order valence-electron chi connectivity index (χ2n) is 1.62. The first-order valence-electron chi connectivity index (χ1n) is 2.97. The van der Waals surface area contributed by atoms with Gasteiger partial charge in [-0.3, -0.25) is 0 Å². The van der Waals surface area contributed by atoms with Crippen LogP contribution < -0.4 is 21.7 Å². The number of aliphatic hydroxyl groups is 1. The van der Waals surface area contributed by atoms with Gasteiger partial charge in [0.15, 0.2) is 0 Å². The number of hydrogen-bond donors (Lipinski definition) is 3. The van der Waals surface area contributed by atoms with Crippen molar-refractivity contribution in [2.45, 2.75) is 6.10 Å². The molecular formula is C5H10N2O5Pt. The molecule has 0 unspecified atom stereocenters. The number of aliphatic hydroxyl groups excluding tert-OH is 1. The summed E-state index contributed by atoms with van der Waals surface area (Å²) in [6.45, 7) is 1.19. The number of carboxylic acids is 2. The fourth-order valence-corrected chi connectivity index (χ4v) is 0.0962. The molecule has 0 bridgehead atoms. The fourth-order valence-electron chi connectivity index (χ4n) is 0.0962. The van der Waals surface area contributed by atoms with Gasteiger partial charge in [-0.25, -0.2) is 0 Å². The van der Waals surface area contributed by atoms with Crippen molar-refractivity contribution in [3.8, 4) is 0 Å². The van der Waals surface area contributed by atoms with Crippen molar-refractivity contribution in [1.29, 1.82) is 0 Å². The van der Waals surface area contributed by atoms with Gasteiger partial charge in [-0.05, 0) is 0 Å². The van der Waals surface area contributed by atoms with Crippen molar-refractivity contribution in [2.75, 3.05) is 13.1 Å². The van der Waals surface area contributed by atoms with Crippen LogP contribution >= 0.6 is 0 Å². The predicted octanol–water partition coefficient (Wildman–Crippen LogP) is -5.25. The average molecular weight is 373 g/mol. The normalized spacial score (nSPS) is 8.00. The minimum absolute atomic E-state index is 0. The molecule has 0 aromatic carbocycles. The van der Waals surface area contributed by atoms with Gasteiger partial charge >= 0.3 is 21.1 Å². The Bertz CT molecular complexity index is 138.